The van der Waals surface area contributed by atoms with Gasteiger partial charge in [0.1, 0.15) is 0 Å². The molecule has 1 heterocycles. The van der Waals surface area contributed by atoms with E-state index < -0.39 is 0 Å². The summed E-state index contributed by atoms with van der Waals surface area (Å²) in [6.45, 7) is 4.83. The normalized spacial score (nSPS) is 10.4. The Bertz CT molecular complexity index is 936. The molecule has 0 atom stereocenters. The highest BCUT2D eigenvalue weighted by atomic mass is 16.1. The van der Waals surface area contributed by atoms with Crippen LogP contribution in [0.1, 0.15) is 22.8 Å². The topological polar surface area (TPSA) is 61.4 Å². The van der Waals surface area contributed by atoms with Gasteiger partial charge in [0.25, 0.3) is 5.91 Å². The van der Waals surface area contributed by atoms with Gasteiger partial charge in [0.2, 0.25) is 5.95 Å². The number of carbonyl (C=O) groups is 1. The van der Waals surface area contributed by atoms with Crippen LogP contribution in [0.25, 0.3) is 0 Å². The summed E-state index contributed by atoms with van der Waals surface area (Å²) in [7, 11) is 3.95. The molecule has 6 nitrogen and oxygen atoms in total. The smallest absolute Gasteiger partial charge is 0.258 e. The van der Waals surface area contributed by atoms with Crippen molar-refractivity contribution in [3.05, 3.63) is 72.1 Å². The summed E-state index contributed by atoms with van der Waals surface area (Å²) in [4.78, 5) is 25.3. The number of benzene rings is 2. The van der Waals surface area contributed by atoms with Crippen LogP contribution in [0.2, 0.25) is 0 Å². The first-order chi connectivity index (χ1) is 13.5. The molecular weight excluding hydrogens is 350 g/mol. The summed E-state index contributed by atoms with van der Waals surface area (Å²) >= 11 is 0. The average Bonchev–Trinajstić information content (AvgIpc) is 2.69. The Balaban J connectivity index is 1.73. The first kappa shape index (κ1) is 19.4. The Hall–Kier alpha value is -3.41. The van der Waals surface area contributed by atoms with Crippen LogP contribution in [0.3, 0.4) is 0 Å². The molecule has 0 fully saturated rings. The molecule has 0 aliphatic carbocycles. The molecule has 3 rings (SSSR count). The minimum atomic E-state index is -0.234. The molecule has 0 saturated heterocycles. The van der Waals surface area contributed by atoms with Gasteiger partial charge in [0.05, 0.1) is 5.56 Å². The number of carbonyl (C=O) groups excluding carboxylic acids is 1. The van der Waals surface area contributed by atoms with Crippen molar-refractivity contribution in [1.29, 1.82) is 0 Å². The predicted molar refractivity (Wildman–Crippen MR) is 115 cm³/mol. The Labute approximate surface area is 165 Å². The zero-order valence-electron chi connectivity index (χ0n) is 16.7. The van der Waals surface area contributed by atoms with Crippen LogP contribution in [-0.2, 0) is 0 Å². The first-order valence-corrected chi connectivity index (χ1v) is 9.23. The van der Waals surface area contributed by atoms with E-state index >= 15 is 0 Å². The summed E-state index contributed by atoms with van der Waals surface area (Å²) in [5, 5.41) is 2.88. The summed E-state index contributed by atoms with van der Waals surface area (Å²) in [5.41, 5.74) is 4.42. The van der Waals surface area contributed by atoms with E-state index in [0.717, 1.165) is 23.6 Å². The summed E-state index contributed by atoms with van der Waals surface area (Å²) in [6, 6.07) is 15.8. The van der Waals surface area contributed by atoms with Crippen molar-refractivity contribution in [2.45, 2.75) is 13.8 Å². The quantitative estimate of drug-likeness (QED) is 0.697. The van der Waals surface area contributed by atoms with Crippen LogP contribution in [0, 0.1) is 6.92 Å². The third-order valence-corrected chi connectivity index (χ3v) is 4.41. The third kappa shape index (κ3) is 4.46. The fourth-order valence-corrected chi connectivity index (χ4v) is 2.86. The van der Waals surface area contributed by atoms with Gasteiger partial charge in [0, 0.05) is 50.1 Å². The number of hydrogen-bond donors (Lipinski definition) is 1. The van der Waals surface area contributed by atoms with E-state index in [1.165, 1.54) is 5.56 Å². The van der Waals surface area contributed by atoms with Gasteiger partial charge in [0.15, 0.2) is 0 Å². The highest BCUT2D eigenvalue weighted by Gasteiger charge is 2.13. The Morgan fingerprint density at radius 3 is 2.25 bits per heavy atom. The number of anilines is 4. The maximum Gasteiger partial charge on any atom is 0.258 e. The summed E-state index contributed by atoms with van der Waals surface area (Å²) < 4.78 is 0. The van der Waals surface area contributed by atoms with Crippen molar-refractivity contribution in [2.24, 2.45) is 0 Å². The van der Waals surface area contributed by atoms with Gasteiger partial charge >= 0.3 is 0 Å². The Kier molecular flexibility index (Phi) is 5.89. The fourth-order valence-electron chi connectivity index (χ4n) is 2.86. The van der Waals surface area contributed by atoms with E-state index in [2.05, 4.69) is 34.3 Å². The molecule has 1 amide bonds. The zero-order valence-corrected chi connectivity index (χ0v) is 16.7. The van der Waals surface area contributed by atoms with Crippen molar-refractivity contribution in [1.82, 2.24) is 9.97 Å². The van der Waals surface area contributed by atoms with Gasteiger partial charge in [-0.05, 0) is 55.8 Å². The van der Waals surface area contributed by atoms with E-state index in [9.17, 15) is 4.79 Å². The van der Waals surface area contributed by atoms with Crippen LogP contribution < -0.4 is 15.1 Å². The van der Waals surface area contributed by atoms with Gasteiger partial charge < -0.3 is 15.1 Å². The van der Waals surface area contributed by atoms with Crippen LogP contribution >= 0.6 is 0 Å². The maximum atomic E-state index is 12.5. The van der Waals surface area contributed by atoms with Crippen LogP contribution in [0.15, 0.2) is 60.9 Å². The molecule has 0 bridgehead atoms. The first-order valence-electron chi connectivity index (χ1n) is 9.23. The minimum absolute atomic E-state index is 0.234. The Morgan fingerprint density at radius 1 is 1.00 bits per heavy atom. The summed E-state index contributed by atoms with van der Waals surface area (Å²) in [6.07, 6.45) is 3.12. The molecule has 2 aromatic carbocycles. The second-order valence-electron chi connectivity index (χ2n) is 6.75. The van der Waals surface area contributed by atoms with E-state index in [-0.39, 0.29) is 5.91 Å². The van der Waals surface area contributed by atoms with Crippen molar-refractivity contribution >= 4 is 28.9 Å². The molecule has 0 aliphatic heterocycles. The predicted octanol–water partition coefficient (Wildman–Crippen LogP) is 4.26. The number of aryl methyl sites for hydroxylation is 1. The van der Waals surface area contributed by atoms with Crippen molar-refractivity contribution in [3.8, 4) is 0 Å². The largest absolute Gasteiger partial charge is 0.378 e. The lowest BCUT2D eigenvalue weighted by molar-refractivity contribution is 0.102. The molecule has 0 saturated carbocycles. The number of hydrogen-bond acceptors (Lipinski definition) is 5. The maximum absolute atomic E-state index is 12.5. The molecule has 28 heavy (non-hydrogen) atoms. The molecule has 1 aromatic heterocycles. The lowest BCUT2D eigenvalue weighted by Gasteiger charge is -2.21. The second-order valence-corrected chi connectivity index (χ2v) is 6.75. The van der Waals surface area contributed by atoms with E-state index in [0.29, 0.717) is 11.5 Å². The molecule has 0 aliphatic rings. The van der Waals surface area contributed by atoms with Gasteiger partial charge in [-0.3, -0.25) is 4.79 Å². The number of nitrogens with one attached hydrogen (secondary N) is 1. The SMILES string of the molecule is CCN(c1cccc(C)c1)c1ncc(C(=O)Nc2ccc(N(C)C)cc2)cn1. The monoisotopic (exact) mass is 375 g/mol. The van der Waals surface area contributed by atoms with Gasteiger partial charge in [-0.25, -0.2) is 9.97 Å². The molecule has 6 heteroatoms. The van der Waals surface area contributed by atoms with Crippen LogP contribution in [-0.4, -0.2) is 36.5 Å². The lowest BCUT2D eigenvalue weighted by atomic mass is 10.2. The van der Waals surface area contributed by atoms with Gasteiger partial charge in [-0.1, -0.05) is 12.1 Å². The number of amides is 1. The highest BCUT2D eigenvalue weighted by molar-refractivity contribution is 6.04. The lowest BCUT2D eigenvalue weighted by Crippen LogP contribution is -2.20. The minimum Gasteiger partial charge on any atom is -0.378 e. The molecular formula is C22H25N5O. The number of nitrogens with zero attached hydrogens (tertiary/aromatic N) is 4. The third-order valence-electron chi connectivity index (χ3n) is 4.41. The van der Waals surface area contributed by atoms with Crippen molar-refractivity contribution in [2.75, 3.05) is 35.8 Å². The van der Waals surface area contributed by atoms with Gasteiger partial charge in [-0.15, -0.1) is 0 Å². The van der Waals surface area contributed by atoms with Crippen LogP contribution in [0.5, 0.6) is 0 Å². The molecule has 1 N–H and O–H groups in total. The molecule has 0 radical (unpaired) electrons. The van der Waals surface area contributed by atoms with Crippen LogP contribution in [0.4, 0.5) is 23.0 Å². The molecule has 0 spiro atoms. The fraction of sp³-hybridized carbons (Fsp3) is 0.227. The Morgan fingerprint density at radius 2 is 1.68 bits per heavy atom. The van der Waals surface area contributed by atoms with E-state index in [1.807, 2.05) is 67.2 Å². The zero-order chi connectivity index (χ0) is 20.1. The second kappa shape index (κ2) is 8.52. The standard InChI is InChI=1S/C22H25N5O/c1-5-27(20-8-6-7-16(2)13-20)22-23-14-17(15-24-22)21(28)25-18-9-11-19(12-10-18)26(3)4/h6-15H,5H2,1-4H3,(H,25,28). The number of aromatic nitrogens is 2. The molecule has 3 aromatic rings. The van der Waals surface area contributed by atoms with Gasteiger partial charge in [-0.2, -0.15) is 0 Å². The highest BCUT2D eigenvalue weighted by Crippen LogP contribution is 2.22. The van der Waals surface area contributed by atoms with E-state index in [4.69, 9.17) is 0 Å². The van der Waals surface area contributed by atoms with Crippen molar-refractivity contribution in [3.63, 3.8) is 0 Å². The molecule has 0 unspecified atom stereocenters. The number of rotatable bonds is 6. The van der Waals surface area contributed by atoms with E-state index in [1.54, 1.807) is 12.4 Å². The average molecular weight is 375 g/mol. The van der Waals surface area contributed by atoms with Crippen molar-refractivity contribution < 1.29 is 4.79 Å². The summed E-state index contributed by atoms with van der Waals surface area (Å²) in [5.74, 6) is 0.336. The molecule has 144 valence electrons.